The van der Waals surface area contributed by atoms with Crippen LogP contribution in [0, 0.1) is 0 Å². The van der Waals surface area contributed by atoms with Gasteiger partial charge in [0, 0.05) is 36.0 Å². The number of nitrogens with one attached hydrogen (secondary N) is 1. The summed E-state index contributed by atoms with van der Waals surface area (Å²) >= 11 is 0. The molecule has 18 heavy (non-hydrogen) atoms. The number of H-pyrrole nitrogens is 1. The molecule has 0 saturated carbocycles. The number of fused-ring (bicyclic) bond motifs is 2. The van der Waals surface area contributed by atoms with Gasteiger partial charge in [-0.2, -0.15) is 0 Å². The van der Waals surface area contributed by atoms with E-state index in [0.29, 0.717) is 5.56 Å². The highest BCUT2D eigenvalue weighted by Gasteiger charge is 2.42. The van der Waals surface area contributed by atoms with Crippen LogP contribution in [0.15, 0.2) is 23.1 Å². The van der Waals surface area contributed by atoms with Crippen LogP contribution in [0.2, 0.25) is 0 Å². The van der Waals surface area contributed by atoms with Crippen molar-refractivity contribution in [3.05, 3.63) is 34.2 Å². The predicted octanol–water partition coefficient (Wildman–Crippen LogP) is 0.469. The minimum absolute atomic E-state index is 0.0273. The van der Waals surface area contributed by atoms with E-state index < -0.39 is 0 Å². The van der Waals surface area contributed by atoms with Crippen LogP contribution in [-0.4, -0.2) is 33.9 Å². The molecule has 0 radical (unpaired) electrons. The fraction of sp³-hybridized carbons (Fsp3) is 0.538. The van der Waals surface area contributed by atoms with Crippen LogP contribution < -0.4 is 11.3 Å². The molecule has 0 aromatic carbocycles. The van der Waals surface area contributed by atoms with Gasteiger partial charge in [0.1, 0.15) is 0 Å². The summed E-state index contributed by atoms with van der Waals surface area (Å²) in [5.74, 6) is -0.0273. The predicted molar refractivity (Wildman–Crippen MR) is 67.3 cm³/mol. The number of rotatable bonds is 1. The number of piperidine rings is 1. The zero-order valence-electron chi connectivity index (χ0n) is 10.1. The summed E-state index contributed by atoms with van der Waals surface area (Å²) in [5.41, 5.74) is 6.23. The summed E-state index contributed by atoms with van der Waals surface area (Å²) < 4.78 is 0. The van der Waals surface area contributed by atoms with Crippen LogP contribution in [-0.2, 0) is 0 Å². The molecule has 2 unspecified atom stereocenters. The van der Waals surface area contributed by atoms with Gasteiger partial charge in [0.25, 0.3) is 5.91 Å². The molecule has 5 heteroatoms. The molecule has 5 nitrogen and oxygen atoms in total. The Bertz CT molecular complexity index is 511. The number of nitrogens with zero attached hydrogens (tertiary/aromatic N) is 1. The molecule has 0 aliphatic carbocycles. The van der Waals surface area contributed by atoms with Crippen LogP contribution in [0.1, 0.15) is 36.0 Å². The van der Waals surface area contributed by atoms with Gasteiger partial charge in [-0.25, -0.2) is 0 Å². The number of hydrogen-bond acceptors (Lipinski definition) is 3. The number of hydrogen-bond donors (Lipinski definition) is 2. The van der Waals surface area contributed by atoms with E-state index in [1.54, 1.807) is 6.07 Å². The summed E-state index contributed by atoms with van der Waals surface area (Å²) in [6.45, 7) is 0. The molecule has 1 aromatic rings. The number of amides is 1. The summed E-state index contributed by atoms with van der Waals surface area (Å²) in [7, 11) is 0. The molecule has 3 heterocycles. The van der Waals surface area contributed by atoms with Crippen molar-refractivity contribution in [3.8, 4) is 0 Å². The van der Waals surface area contributed by atoms with E-state index in [1.807, 2.05) is 4.90 Å². The summed E-state index contributed by atoms with van der Waals surface area (Å²) in [6, 6.07) is 3.76. The van der Waals surface area contributed by atoms with Crippen molar-refractivity contribution in [2.45, 2.75) is 43.8 Å². The van der Waals surface area contributed by atoms with Crippen molar-refractivity contribution in [2.24, 2.45) is 5.73 Å². The number of carbonyl (C=O) groups excluding carboxylic acids is 1. The Morgan fingerprint density at radius 2 is 2.00 bits per heavy atom. The van der Waals surface area contributed by atoms with Gasteiger partial charge in [-0.15, -0.1) is 0 Å². The first-order chi connectivity index (χ1) is 8.65. The molecule has 96 valence electrons. The second-order valence-electron chi connectivity index (χ2n) is 5.27. The normalized spacial score (nSPS) is 30.5. The lowest BCUT2D eigenvalue weighted by Crippen LogP contribution is -2.50. The summed E-state index contributed by atoms with van der Waals surface area (Å²) in [6.07, 6.45) is 5.35. The first-order valence-electron chi connectivity index (χ1n) is 6.42. The van der Waals surface area contributed by atoms with Crippen LogP contribution >= 0.6 is 0 Å². The molecule has 2 saturated heterocycles. The van der Waals surface area contributed by atoms with E-state index in [2.05, 4.69) is 4.98 Å². The monoisotopic (exact) mass is 247 g/mol. The van der Waals surface area contributed by atoms with Crippen molar-refractivity contribution in [1.29, 1.82) is 0 Å². The van der Waals surface area contributed by atoms with Crippen molar-refractivity contribution < 1.29 is 4.79 Å². The maximum Gasteiger partial charge on any atom is 0.254 e. The zero-order valence-corrected chi connectivity index (χ0v) is 10.1. The second kappa shape index (κ2) is 4.24. The highest BCUT2D eigenvalue weighted by atomic mass is 16.2. The average Bonchev–Trinajstić information content (AvgIpc) is 2.61. The lowest BCUT2D eigenvalue weighted by molar-refractivity contribution is 0.0575. The second-order valence-corrected chi connectivity index (χ2v) is 5.27. The van der Waals surface area contributed by atoms with E-state index in [-0.39, 0.29) is 29.6 Å². The van der Waals surface area contributed by atoms with Gasteiger partial charge in [0.2, 0.25) is 5.56 Å². The summed E-state index contributed by atoms with van der Waals surface area (Å²) in [4.78, 5) is 28.2. The SMILES string of the molecule is NC1CC2CCC(C1)N2C(=O)c1cc[nH]c(=O)c1. The van der Waals surface area contributed by atoms with E-state index >= 15 is 0 Å². The van der Waals surface area contributed by atoms with Gasteiger partial charge in [0.15, 0.2) is 0 Å². The van der Waals surface area contributed by atoms with E-state index in [0.717, 1.165) is 25.7 Å². The number of carbonyl (C=O) groups is 1. The lowest BCUT2D eigenvalue weighted by atomic mass is 9.97. The number of pyridine rings is 1. The molecular formula is C13H17N3O2. The fourth-order valence-electron chi connectivity index (χ4n) is 3.28. The smallest absolute Gasteiger partial charge is 0.254 e. The zero-order chi connectivity index (χ0) is 12.7. The van der Waals surface area contributed by atoms with Crippen molar-refractivity contribution >= 4 is 5.91 Å². The van der Waals surface area contributed by atoms with Gasteiger partial charge in [-0.1, -0.05) is 0 Å². The minimum atomic E-state index is -0.234. The number of aromatic nitrogens is 1. The number of nitrogens with two attached hydrogens (primary N) is 1. The Kier molecular flexibility index (Phi) is 2.70. The molecule has 3 N–H and O–H groups in total. The van der Waals surface area contributed by atoms with Crippen molar-refractivity contribution in [1.82, 2.24) is 9.88 Å². The van der Waals surface area contributed by atoms with Gasteiger partial charge in [-0.3, -0.25) is 9.59 Å². The van der Waals surface area contributed by atoms with Crippen LogP contribution in [0.5, 0.6) is 0 Å². The van der Waals surface area contributed by atoms with E-state index in [9.17, 15) is 9.59 Å². The van der Waals surface area contributed by atoms with Crippen LogP contribution in [0.25, 0.3) is 0 Å². The van der Waals surface area contributed by atoms with Crippen molar-refractivity contribution in [2.75, 3.05) is 0 Å². The number of aromatic amines is 1. The highest BCUT2D eigenvalue weighted by molar-refractivity contribution is 5.94. The molecule has 2 bridgehead atoms. The maximum absolute atomic E-state index is 12.5. The Morgan fingerprint density at radius 1 is 1.33 bits per heavy atom. The molecule has 2 aliphatic rings. The Morgan fingerprint density at radius 3 is 2.61 bits per heavy atom. The highest BCUT2D eigenvalue weighted by Crippen LogP contribution is 2.35. The van der Waals surface area contributed by atoms with Gasteiger partial charge >= 0.3 is 0 Å². The Balaban J connectivity index is 1.88. The molecule has 3 rings (SSSR count). The molecule has 2 atom stereocenters. The maximum atomic E-state index is 12.5. The molecule has 1 amide bonds. The van der Waals surface area contributed by atoms with E-state index in [1.165, 1.54) is 12.3 Å². The molecule has 1 aromatic heterocycles. The van der Waals surface area contributed by atoms with Gasteiger partial charge in [0.05, 0.1) is 0 Å². The first-order valence-corrected chi connectivity index (χ1v) is 6.42. The topological polar surface area (TPSA) is 79.2 Å². The molecule has 0 spiro atoms. The molecule has 2 aliphatic heterocycles. The van der Waals surface area contributed by atoms with Gasteiger partial charge in [-0.05, 0) is 31.7 Å². The average molecular weight is 247 g/mol. The quantitative estimate of drug-likeness (QED) is 0.757. The third-order valence-corrected chi connectivity index (χ3v) is 4.03. The van der Waals surface area contributed by atoms with Gasteiger partial charge < -0.3 is 15.6 Å². The van der Waals surface area contributed by atoms with Crippen LogP contribution in [0.4, 0.5) is 0 Å². The fourth-order valence-corrected chi connectivity index (χ4v) is 3.28. The largest absolute Gasteiger partial charge is 0.333 e. The van der Waals surface area contributed by atoms with E-state index in [4.69, 9.17) is 5.73 Å². The lowest BCUT2D eigenvalue weighted by Gasteiger charge is -2.37. The van der Waals surface area contributed by atoms with Crippen molar-refractivity contribution in [3.63, 3.8) is 0 Å². The third kappa shape index (κ3) is 1.84. The Hall–Kier alpha value is -1.62. The summed E-state index contributed by atoms with van der Waals surface area (Å²) in [5, 5.41) is 0. The molecule has 2 fully saturated rings. The molecular weight excluding hydrogens is 230 g/mol. The van der Waals surface area contributed by atoms with Crippen LogP contribution in [0.3, 0.4) is 0 Å². The third-order valence-electron chi connectivity index (χ3n) is 4.03. The standard InChI is InChI=1S/C13H17N3O2/c14-9-6-10-1-2-11(7-9)16(10)13(18)8-3-4-15-12(17)5-8/h3-5,9-11H,1-2,6-7,14H2,(H,15,17). The first kappa shape index (κ1) is 11.5. The minimum Gasteiger partial charge on any atom is -0.333 e. The Labute approximate surface area is 105 Å².